The first-order valence-corrected chi connectivity index (χ1v) is 7.19. The Morgan fingerprint density at radius 3 is 2.58 bits per heavy atom. The molecule has 0 heterocycles. The Hall–Kier alpha value is -1.32. The van der Waals surface area contributed by atoms with Gasteiger partial charge < -0.3 is 11.1 Å². The van der Waals surface area contributed by atoms with Crippen molar-refractivity contribution >= 4 is 21.6 Å². The minimum atomic E-state index is 0.134. The molecule has 0 saturated carbocycles. The first kappa shape index (κ1) is 14.1. The van der Waals surface area contributed by atoms with Crippen molar-refractivity contribution < 1.29 is 0 Å². The Bertz CT molecular complexity index is 566. The average molecular weight is 319 g/mol. The van der Waals surface area contributed by atoms with Crippen LogP contribution in [0, 0.1) is 13.8 Å². The van der Waals surface area contributed by atoms with Gasteiger partial charge >= 0.3 is 0 Å². The van der Waals surface area contributed by atoms with E-state index in [1.54, 1.807) is 0 Å². The molecule has 0 aliphatic heterocycles. The van der Waals surface area contributed by atoms with Crippen molar-refractivity contribution in [2.45, 2.75) is 19.9 Å². The van der Waals surface area contributed by atoms with Crippen LogP contribution in [-0.2, 0) is 0 Å². The second kappa shape index (κ2) is 6.22. The number of anilines is 1. The number of nitrogens with two attached hydrogens (primary N) is 1. The average Bonchev–Trinajstić information content (AvgIpc) is 2.37. The van der Waals surface area contributed by atoms with E-state index < -0.39 is 0 Å². The summed E-state index contributed by atoms with van der Waals surface area (Å²) in [7, 11) is 0. The lowest BCUT2D eigenvalue weighted by Crippen LogP contribution is -2.21. The van der Waals surface area contributed by atoms with Gasteiger partial charge in [-0.25, -0.2) is 0 Å². The second-order valence-electron chi connectivity index (χ2n) is 4.80. The molecular weight excluding hydrogens is 300 g/mol. The highest BCUT2D eigenvalue weighted by molar-refractivity contribution is 9.10. The van der Waals surface area contributed by atoms with Crippen molar-refractivity contribution in [2.24, 2.45) is 5.73 Å². The van der Waals surface area contributed by atoms with E-state index in [9.17, 15) is 0 Å². The topological polar surface area (TPSA) is 38.0 Å². The SMILES string of the molecule is Cc1ccc(C(CN)Nc2cccc(Br)c2)c(C)c1. The van der Waals surface area contributed by atoms with Crippen LogP contribution in [0.3, 0.4) is 0 Å². The number of aryl methyl sites for hydroxylation is 2. The smallest absolute Gasteiger partial charge is 0.0638 e. The van der Waals surface area contributed by atoms with E-state index in [-0.39, 0.29) is 6.04 Å². The van der Waals surface area contributed by atoms with Gasteiger partial charge in [-0.05, 0) is 43.2 Å². The lowest BCUT2D eigenvalue weighted by molar-refractivity contribution is 0.783. The van der Waals surface area contributed by atoms with Gasteiger partial charge in [0.1, 0.15) is 0 Å². The second-order valence-corrected chi connectivity index (χ2v) is 5.72. The zero-order chi connectivity index (χ0) is 13.8. The van der Waals surface area contributed by atoms with E-state index in [0.717, 1.165) is 10.2 Å². The molecule has 0 aliphatic carbocycles. The van der Waals surface area contributed by atoms with Gasteiger partial charge in [0.2, 0.25) is 0 Å². The number of hydrogen-bond donors (Lipinski definition) is 2. The first-order chi connectivity index (χ1) is 9.10. The quantitative estimate of drug-likeness (QED) is 0.887. The highest BCUT2D eigenvalue weighted by atomic mass is 79.9. The standard InChI is InChI=1S/C16H19BrN2/c1-11-6-7-15(12(2)8-11)16(10-18)19-14-5-3-4-13(17)9-14/h3-9,16,19H,10,18H2,1-2H3. The van der Waals surface area contributed by atoms with E-state index in [1.807, 2.05) is 12.1 Å². The van der Waals surface area contributed by atoms with Crippen LogP contribution in [0.4, 0.5) is 5.69 Å². The Balaban J connectivity index is 2.25. The van der Waals surface area contributed by atoms with E-state index in [2.05, 4.69) is 65.4 Å². The van der Waals surface area contributed by atoms with Gasteiger partial charge in [-0.15, -0.1) is 0 Å². The van der Waals surface area contributed by atoms with Gasteiger partial charge in [-0.1, -0.05) is 45.8 Å². The van der Waals surface area contributed by atoms with Crippen molar-refractivity contribution in [2.75, 3.05) is 11.9 Å². The molecule has 1 atom stereocenters. The number of benzene rings is 2. The zero-order valence-electron chi connectivity index (χ0n) is 11.3. The molecule has 19 heavy (non-hydrogen) atoms. The summed E-state index contributed by atoms with van der Waals surface area (Å²) in [5.41, 5.74) is 10.8. The van der Waals surface area contributed by atoms with Gasteiger partial charge in [-0.3, -0.25) is 0 Å². The molecule has 0 spiro atoms. The van der Waals surface area contributed by atoms with Crippen LogP contribution in [0.25, 0.3) is 0 Å². The van der Waals surface area contributed by atoms with Crippen LogP contribution in [0.2, 0.25) is 0 Å². The van der Waals surface area contributed by atoms with Crippen LogP contribution in [-0.4, -0.2) is 6.54 Å². The van der Waals surface area contributed by atoms with E-state index in [4.69, 9.17) is 5.73 Å². The van der Waals surface area contributed by atoms with Crippen molar-refractivity contribution in [1.82, 2.24) is 0 Å². The maximum Gasteiger partial charge on any atom is 0.0638 e. The lowest BCUT2D eigenvalue weighted by atomic mass is 9.99. The Labute approximate surface area is 123 Å². The Morgan fingerprint density at radius 2 is 1.95 bits per heavy atom. The Kier molecular flexibility index (Phi) is 4.61. The molecule has 0 radical (unpaired) electrons. The number of hydrogen-bond acceptors (Lipinski definition) is 2. The highest BCUT2D eigenvalue weighted by Crippen LogP contribution is 2.24. The number of halogens is 1. The van der Waals surface area contributed by atoms with Gasteiger partial charge in [-0.2, -0.15) is 0 Å². The maximum atomic E-state index is 5.92. The van der Waals surface area contributed by atoms with Crippen molar-refractivity contribution in [3.8, 4) is 0 Å². The summed E-state index contributed by atoms with van der Waals surface area (Å²) in [6.45, 7) is 4.81. The summed E-state index contributed by atoms with van der Waals surface area (Å²) in [5, 5.41) is 3.49. The molecule has 1 unspecified atom stereocenters. The summed E-state index contributed by atoms with van der Waals surface area (Å²) in [4.78, 5) is 0. The fourth-order valence-corrected chi connectivity index (χ4v) is 2.66. The molecular formula is C16H19BrN2. The zero-order valence-corrected chi connectivity index (χ0v) is 12.9. The largest absolute Gasteiger partial charge is 0.377 e. The summed E-state index contributed by atoms with van der Waals surface area (Å²) in [6.07, 6.45) is 0. The van der Waals surface area contributed by atoms with Gasteiger partial charge in [0.25, 0.3) is 0 Å². The lowest BCUT2D eigenvalue weighted by Gasteiger charge is -2.21. The van der Waals surface area contributed by atoms with E-state index >= 15 is 0 Å². The van der Waals surface area contributed by atoms with E-state index in [0.29, 0.717) is 6.54 Å². The molecule has 0 fully saturated rings. The van der Waals surface area contributed by atoms with Crippen molar-refractivity contribution in [3.05, 3.63) is 63.6 Å². The fraction of sp³-hybridized carbons (Fsp3) is 0.250. The molecule has 3 heteroatoms. The highest BCUT2D eigenvalue weighted by Gasteiger charge is 2.12. The van der Waals surface area contributed by atoms with E-state index in [1.165, 1.54) is 16.7 Å². The molecule has 2 rings (SSSR count). The molecule has 0 amide bonds. The first-order valence-electron chi connectivity index (χ1n) is 6.39. The molecule has 0 saturated heterocycles. The summed E-state index contributed by atoms with van der Waals surface area (Å²) >= 11 is 3.48. The summed E-state index contributed by atoms with van der Waals surface area (Å²) < 4.78 is 1.06. The summed E-state index contributed by atoms with van der Waals surface area (Å²) in [6, 6.07) is 14.8. The minimum absolute atomic E-state index is 0.134. The number of rotatable bonds is 4. The molecule has 0 aliphatic rings. The van der Waals surface area contributed by atoms with Crippen molar-refractivity contribution in [1.29, 1.82) is 0 Å². The minimum Gasteiger partial charge on any atom is -0.377 e. The molecule has 0 aromatic heterocycles. The van der Waals surface area contributed by atoms with Crippen LogP contribution in [0.1, 0.15) is 22.7 Å². The third-order valence-electron chi connectivity index (χ3n) is 3.20. The van der Waals surface area contributed by atoms with Gasteiger partial charge in [0.05, 0.1) is 6.04 Å². The Morgan fingerprint density at radius 1 is 1.16 bits per heavy atom. The van der Waals surface area contributed by atoms with Crippen LogP contribution < -0.4 is 11.1 Å². The van der Waals surface area contributed by atoms with Gasteiger partial charge in [0.15, 0.2) is 0 Å². The van der Waals surface area contributed by atoms with Gasteiger partial charge in [0, 0.05) is 16.7 Å². The third kappa shape index (κ3) is 3.58. The molecule has 2 nitrogen and oxygen atoms in total. The number of nitrogens with one attached hydrogen (secondary N) is 1. The molecule has 3 N–H and O–H groups in total. The predicted molar refractivity (Wildman–Crippen MR) is 85.5 cm³/mol. The molecule has 0 bridgehead atoms. The van der Waals surface area contributed by atoms with Crippen molar-refractivity contribution in [3.63, 3.8) is 0 Å². The third-order valence-corrected chi connectivity index (χ3v) is 3.70. The maximum absolute atomic E-state index is 5.92. The van der Waals surface area contributed by atoms with Crippen LogP contribution in [0.5, 0.6) is 0 Å². The molecule has 2 aromatic rings. The predicted octanol–water partition coefficient (Wildman–Crippen LogP) is 4.18. The molecule has 100 valence electrons. The normalized spacial score (nSPS) is 12.2. The van der Waals surface area contributed by atoms with Crippen LogP contribution >= 0.6 is 15.9 Å². The fourth-order valence-electron chi connectivity index (χ4n) is 2.26. The summed E-state index contributed by atoms with van der Waals surface area (Å²) in [5.74, 6) is 0. The van der Waals surface area contributed by atoms with Crippen LogP contribution in [0.15, 0.2) is 46.9 Å². The monoisotopic (exact) mass is 318 g/mol. The molecule has 2 aromatic carbocycles.